The SMILES string of the molecule is Cc1ccc(N)c(CN2CCC(C(C)(C)C)CC2)c1. The van der Waals surface area contributed by atoms with Crippen LogP contribution >= 0.6 is 0 Å². The summed E-state index contributed by atoms with van der Waals surface area (Å²) in [5.41, 5.74) is 10.0. The number of rotatable bonds is 2. The van der Waals surface area contributed by atoms with Crippen LogP contribution < -0.4 is 5.73 Å². The van der Waals surface area contributed by atoms with Crippen LogP contribution in [0.1, 0.15) is 44.7 Å². The molecule has 1 aromatic carbocycles. The first-order valence-corrected chi connectivity index (χ1v) is 7.43. The lowest BCUT2D eigenvalue weighted by atomic mass is 9.75. The van der Waals surface area contributed by atoms with Crippen LogP contribution in [-0.2, 0) is 6.54 Å². The largest absolute Gasteiger partial charge is 0.398 e. The van der Waals surface area contributed by atoms with Crippen LogP contribution in [0.2, 0.25) is 0 Å². The smallest absolute Gasteiger partial charge is 0.0359 e. The Hall–Kier alpha value is -1.02. The molecule has 1 fully saturated rings. The van der Waals surface area contributed by atoms with Crippen molar-refractivity contribution in [1.82, 2.24) is 4.90 Å². The van der Waals surface area contributed by atoms with Gasteiger partial charge in [0.15, 0.2) is 0 Å². The summed E-state index contributed by atoms with van der Waals surface area (Å²) in [6.07, 6.45) is 2.63. The van der Waals surface area contributed by atoms with Gasteiger partial charge in [-0.3, -0.25) is 4.90 Å². The lowest BCUT2D eigenvalue weighted by Crippen LogP contribution is -2.37. The zero-order valence-electron chi connectivity index (χ0n) is 12.9. The van der Waals surface area contributed by atoms with Gasteiger partial charge in [-0.25, -0.2) is 0 Å². The maximum Gasteiger partial charge on any atom is 0.0359 e. The molecule has 0 unspecified atom stereocenters. The zero-order valence-corrected chi connectivity index (χ0v) is 12.9. The number of anilines is 1. The second kappa shape index (κ2) is 5.54. The molecule has 1 heterocycles. The van der Waals surface area contributed by atoms with Crippen molar-refractivity contribution in [3.63, 3.8) is 0 Å². The molecule has 1 saturated heterocycles. The predicted octanol–water partition coefficient (Wildman–Crippen LogP) is 3.84. The van der Waals surface area contributed by atoms with Crippen molar-refractivity contribution in [1.29, 1.82) is 0 Å². The Balaban J connectivity index is 1.94. The highest BCUT2D eigenvalue weighted by atomic mass is 15.1. The number of likely N-dealkylation sites (tertiary alicyclic amines) is 1. The molecule has 0 radical (unpaired) electrons. The Kier molecular flexibility index (Phi) is 4.19. The molecule has 2 nitrogen and oxygen atoms in total. The summed E-state index contributed by atoms with van der Waals surface area (Å²) in [6.45, 7) is 12.6. The molecular weight excluding hydrogens is 232 g/mol. The van der Waals surface area contributed by atoms with E-state index in [0.717, 1.165) is 18.2 Å². The number of benzene rings is 1. The van der Waals surface area contributed by atoms with Gasteiger partial charge < -0.3 is 5.73 Å². The van der Waals surface area contributed by atoms with Crippen LogP contribution in [0.15, 0.2) is 18.2 Å². The summed E-state index contributed by atoms with van der Waals surface area (Å²) < 4.78 is 0. The van der Waals surface area contributed by atoms with Crippen molar-refractivity contribution in [2.45, 2.75) is 47.1 Å². The van der Waals surface area contributed by atoms with Crippen LogP contribution in [0.25, 0.3) is 0 Å². The fraction of sp³-hybridized carbons (Fsp3) is 0.647. The highest BCUT2D eigenvalue weighted by Crippen LogP contribution is 2.34. The Bertz CT molecular complexity index is 423. The van der Waals surface area contributed by atoms with E-state index >= 15 is 0 Å². The van der Waals surface area contributed by atoms with Crippen molar-refractivity contribution < 1.29 is 0 Å². The Morgan fingerprint density at radius 3 is 2.42 bits per heavy atom. The van der Waals surface area contributed by atoms with Gasteiger partial charge >= 0.3 is 0 Å². The zero-order chi connectivity index (χ0) is 14.0. The van der Waals surface area contributed by atoms with Gasteiger partial charge in [0.1, 0.15) is 0 Å². The number of nitrogens with zero attached hydrogens (tertiary/aromatic N) is 1. The molecule has 0 atom stereocenters. The molecular formula is C17H28N2. The van der Waals surface area contributed by atoms with Gasteiger partial charge in [-0.2, -0.15) is 0 Å². The van der Waals surface area contributed by atoms with Gasteiger partial charge in [0.05, 0.1) is 0 Å². The molecule has 106 valence electrons. The molecule has 0 aliphatic carbocycles. The predicted molar refractivity (Wildman–Crippen MR) is 83.0 cm³/mol. The van der Waals surface area contributed by atoms with Gasteiger partial charge in [0, 0.05) is 12.2 Å². The minimum atomic E-state index is 0.453. The van der Waals surface area contributed by atoms with Crippen molar-refractivity contribution in [2.24, 2.45) is 11.3 Å². The number of piperidine rings is 1. The molecule has 0 amide bonds. The van der Waals surface area contributed by atoms with Crippen LogP contribution in [0.3, 0.4) is 0 Å². The molecule has 1 aromatic rings. The van der Waals surface area contributed by atoms with Gasteiger partial charge in [-0.05, 0) is 55.8 Å². The normalized spacial score (nSPS) is 18.7. The van der Waals surface area contributed by atoms with E-state index in [-0.39, 0.29) is 0 Å². The molecule has 2 N–H and O–H groups in total. The first kappa shape index (κ1) is 14.4. The third-order valence-corrected chi connectivity index (χ3v) is 4.50. The Morgan fingerprint density at radius 2 is 1.84 bits per heavy atom. The number of hydrogen-bond acceptors (Lipinski definition) is 2. The van der Waals surface area contributed by atoms with E-state index < -0.39 is 0 Å². The van der Waals surface area contributed by atoms with Gasteiger partial charge in [-0.1, -0.05) is 38.5 Å². The standard InChI is InChI=1S/C17H28N2/c1-13-5-6-16(18)14(11-13)12-19-9-7-15(8-10-19)17(2,3)4/h5-6,11,15H,7-10,12,18H2,1-4H3. The lowest BCUT2D eigenvalue weighted by molar-refractivity contribution is 0.108. The van der Waals surface area contributed by atoms with Gasteiger partial charge in [0.2, 0.25) is 0 Å². The molecule has 0 saturated carbocycles. The van der Waals surface area contributed by atoms with E-state index in [2.05, 4.69) is 44.7 Å². The Morgan fingerprint density at radius 1 is 1.21 bits per heavy atom. The lowest BCUT2D eigenvalue weighted by Gasteiger charge is -2.38. The van der Waals surface area contributed by atoms with E-state index in [1.807, 2.05) is 6.07 Å². The van der Waals surface area contributed by atoms with Crippen LogP contribution in [0.5, 0.6) is 0 Å². The summed E-state index contributed by atoms with van der Waals surface area (Å²) >= 11 is 0. The van der Waals surface area contributed by atoms with E-state index in [9.17, 15) is 0 Å². The minimum absolute atomic E-state index is 0.453. The number of aryl methyl sites for hydroxylation is 1. The highest BCUT2D eigenvalue weighted by molar-refractivity contribution is 5.48. The maximum absolute atomic E-state index is 6.08. The van der Waals surface area contributed by atoms with Crippen LogP contribution in [-0.4, -0.2) is 18.0 Å². The summed E-state index contributed by atoms with van der Waals surface area (Å²) in [5.74, 6) is 0.860. The number of nitrogens with two attached hydrogens (primary N) is 1. The fourth-order valence-electron chi connectivity index (χ4n) is 3.07. The van der Waals surface area contributed by atoms with E-state index in [0.29, 0.717) is 5.41 Å². The summed E-state index contributed by atoms with van der Waals surface area (Å²) in [7, 11) is 0. The molecule has 0 spiro atoms. The third-order valence-electron chi connectivity index (χ3n) is 4.50. The molecule has 0 bridgehead atoms. The van der Waals surface area contributed by atoms with Crippen LogP contribution in [0, 0.1) is 18.3 Å². The Labute approximate surface area is 118 Å². The molecule has 0 aromatic heterocycles. The average Bonchev–Trinajstić information content (AvgIpc) is 2.33. The van der Waals surface area contributed by atoms with Crippen molar-refractivity contribution in [2.75, 3.05) is 18.8 Å². The van der Waals surface area contributed by atoms with E-state index in [4.69, 9.17) is 5.73 Å². The minimum Gasteiger partial charge on any atom is -0.398 e. The average molecular weight is 260 g/mol. The first-order chi connectivity index (χ1) is 8.86. The van der Waals surface area contributed by atoms with Gasteiger partial charge in [-0.15, -0.1) is 0 Å². The molecule has 2 heteroatoms. The van der Waals surface area contributed by atoms with Crippen molar-refractivity contribution in [3.8, 4) is 0 Å². The van der Waals surface area contributed by atoms with Crippen LogP contribution in [0.4, 0.5) is 5.69 Å². The third kappa shape index (κ3) is 3.73. The quantitative estimate of drug-likeness (QED) is 0.819. The first-order valence-electron chi connectivity index (χ1n) is 7.43. The second-order valence-electron chi connectivity index (χ2n) is 7.12. The summed E-state index contributed by atoms with van der Waals surface area (Å²) in [5, 5.41) is 0. The van der Waals surface area contributed by atoms with Crippen molar-refractivity contribution >= 4 is 5.69 Å². The topological polar surface area (TPSA) is 29.3 Å². The maximum atomic E-state index is 6.08. The van der Waals surface area contributed by atoms with Gasteiger partial charge in [0.25, 0.3) is 0 Å². The molecule has 1 aliphatic rings. The fourth-order valence-corrected chi connectivity index (χ4v) is 3.07. The summed E-state index contributed by atoms with van der Waals surface area (Å²) in [4.78, 5) is 2.55. The highest BCUT2D eigenvalue weighted by Gasteiger charge is 2.28. The monoisotopic (exact) mass is 260 g/mol. The van der Waals surface area contributed by atoms with E-state index in [1.165, 1.54) is 37.1 Å². The second-order valence-corrected chi connectivity index (χ2v) is 7.12. The summed E-state index contributed by atoms with van der Waals surface area (Å²) in [6, 6.07) is 6.35. The number of hydrogen-bond donors (Lipinski definition) is 1. The molecule has 1 aliphatic heterocycles. The molecule has 2 rings (SSSR count). The van der Waals surface area contributed by atoms with E-state index in [1.54, 1.807) is 0 Å². The molecule has 19 heavy (non-hydrogen) atoms. The van der Waals surface area contributed by atoms with Crippen molar-refractivity contribution in [3.05, 3.63) is 29.3 Å². The number of nitrogen functional groups attached to an aromatic ring is 1.